The Morgan fingerprint density at radius 3 is 2.62 bits per heavy atom. The van der Waals surface area contributed by atoms with E-state index < -0.39 is 0 Å². The first-order chi connectivity index (χ1) is 6.38. The van der Waals surface area contributed by atoms with Crippen molar-refractivity contribution in [3.63, 3.8) is 0 Å². The third-order valence-corrected chi connectivity index (χ3v) is 1.91. The summed E-state index contributed by atoms with van der Waals surface area (Å²) in [5.74, 6) is 0. The fraction of sp³-hybridized carbons (Fsp3) is 0.364. The Labute approximate surface area is 78.5 Å². The molecule has 0 aliphatic heterocycles. The van der Waals surface area contributed by atoms with Crippen LogP contribution in [0.1, 0.15) is 25.0 Å². The van der Waals surface area contributed by atoms with Gasteiger partial charge in [-0.2, -0.15) is 0 Å². The van der Waals surface area contributed by atoms with E-state index in [4.69, 9.17) is 4.74 Å². The summed E-state index contributed by atoms with van der Waals surface area (Å²) in [6, 6.07) is 9.94. The normalized spacial score (nSPS) is 12.4. The number of aldehydes is 1. The van der Waals surface area contributed by atoms with Crippen LogP contribution in [0.2, 0.25) is 0 Å². The number of hydrogen-bond acceptors (Lipinski definition) is 2. The first-order valence-corrected chi connectivity index (χ1v) is 4.48. The number of carbonyl (C=O) groups excluding carboxylic acids is 1. The second-order valence-electron chi connectivity index (χ2n) is 2.81. The highest BCUT2D eigenvalue weighted by Crippen LogP contribution is 2.19. The van der Waals surface area contributed by atoms with Crippen LogP contribution in [0.4, 0.5) is 0 Å². The maximum absolute atomic E-state index is 10.1. The summed E-state index contributed by atoms with van der Waals surface area (Å²) in [5.41, 5.74) is 1.13. The van der Waals surface area contributed by atoms with E-state index in [0.717, 1.165) is 18.3 Å². The molecule has 0 heterocycles. The van der Waals surface area contributed by atoms with E-state index >= 15 is 0 Å². The minimum atomic E-state index is 0.0476. The van der Waals surface area contributed by atoms with Gasteiger partial charge in [-0.15, -0.1) is 0 Å². The van der Waals surface area contributed by atoms with Crippen LogP contribution < -0.4 is 0 Å². The summed E-state index contributed by atoms with van der Waals surface area (Å²) in [5, 5.41) is 0. The van der Waals surface area contributed by atoms with Crippen molar-refractivity contribution in [3.8, 4) is 0 Å². The summed E-state index contributed by atoms with van der Waals surface area (Å²) in [4.78, 5) is 10.1. The molecule has 0 fully saturated rings. The van der Waals surface area contributed by atoms with Crippen LogP contribution in [0.15, 0.2) is 30.3 Å². The molecule has 1 rings (SSSR count). The highest BCUT2D eigenvalue weighted by Gasteiger charge is 2.07. The predicted molar refractivity (Wildman–Crippen MR) is 51.5 cm³/mol. The van der Waals surface area contributed by atoms with Crippen LogP contribution in [0.3, 0.4) is 0 Å². The molecule has 13 heavy (non-hydrogen) atoms. The third-order valence-electron chi connectivity index (χ3n) is 1.91. The van der Waals surface area contributed by atoms with Gasteiger partial charge in [0.1, 0.15) is 12.9 Å². The molecule has 0 radical (unpaired) electrons. The summed E-state index contributed by atoms with van der Waals surface area (Å²) in [6.07, 6.45) is 1.72. The zero-order valence-electron chi connectivity index (χ0n) is 7.77. The molecular formula is C11H14O2. The van der Waals surface area contributed by atoms with Crippen molar-refractivity contribution >= 4 is 6.29 Å². The summed E-state index contributed by atoms with van der Waals surface area (Å²) < 4.78 is 5.36. The average molecular weight is 178 g/mol. The largest absolute Gasteiger partial charge is 0.366 e. The first-order valence-electron chi connectivity index (χ1n) is 4.48. The standard InChI is InChI=1S/C11H14O2/c1-2-11(13-9-8-12)10-6-4-3-5-7-10/h3-8,11H,2,9H2,1H3. The molecule has 0 aromatic heterocycles. The smallest absolute Gasteiger partial charge is 0.145 e. The Bertz CT molecular complexity index is 244. The molecule has 0 aliphatic rings. The SMILES string of the molecule is CCC(OCC=O)c1ccccc1. The monoisotopic (exact) mass is 178 g/mol. The van der Waals surface area contributed by atoms with E-state index in [1.807, 2.05) is 37.3 Å². The molecule has 0 N–H and O–H groups in total. The van der Waals surface area contributed by atoms with Gasteiger partial charge in [0.25, 0.3) is 0 Å². The lowest BCUT2D eigenvalue weighted by atomic mass is 10.1. The molecule has 70 valence electrons. The Hall–Kier alpha value is -1.15. The maximum Gasteiger partial charge on any atom is 0.145 e. The zero-order chi connectivity index (χ0) is 9.52. The van der Waals surface area contributed by atoms with Gasteiger partial charge in [0.15, 0.2) is 0 Å². The van der Waals surface area contributed by atoms with Crippen molar-refractivity contribution in [1.82, 2.24) is 0 Å². The van der Waals surface area contributed by atoms with Crippen LogP contribution >= 0.6 is 0 Å². The van der Waals surface area contributed by atoms with Crippen molar-refractivity contribution in [2.24, 2.45) is 0 Å². The second kappa shape index (κ2) is 5.49. The molecule has 2 heteroatoms. The zero-order valence-corrected chi connectivity index (χ0v) is 7.77. The highest BCUT2D eigenvalue weighted by molar-refractivity contribution is 5.50. The van der Waals surface area contributed by atoms with Crippen LogP contribution in [-0.2, 0) is 9.53 Å². The molecule has 2 nitrogen and oxygen atoms in total. The van der Waals surface area contributed by atoms with Gasteiger partial charge in [0, 0.05) is 0 Å². The van der Waals surface area contributed by atoms with Crippen LogP contribution in [0, 0.1) is 0 Å². The lowest BCUT2D eigenvalue weighted by Crippen LogP contribution is -2.04. The molecule has 0 saturated heterocycles. The lowest BCUT2D eigenvalue weighted by molar-refractivity contribution is -0.113. The van der Waals surface area contributed by atoms with Crippen molar-refractivity contribution in [2.75, 3.05) is 6.61 Å². The van der Waals surface area contributed by atoms with Gasteiger partial charge in [0.2, 0.25) is 0 Å². The number of hydrogen-bond donors (Lipinski definition) is 0. The molecule has 0 spiro atoms. The molecule has 1 aromatic rings. The van der Waals surface area contributed by atoms with Gasteiger partial charge in [-0.05, 0) is 12.0 Å². The Morgan fingerprint density at radius 1 is 1.38 bits per heavy atom. The van der Waals surface area contributed by atoms with Gasteiger partial charge in [-0.1, -0.05) is 37.3 Å². The van der Waals surface area contributed by atoms with E-state index in [0.29, 0.717) is 0 Å². The van der Waals surface area contributed by atoms with Gasteiger partial charge < -0.3 is 9.53 Å². The molecule has 0 amide bonds. The minimum absolute atomic E-state index is 0.0476. The van der Waals surface area contributed by atoms with Crippen LogP contribution in [-0.4, -0.2) is 12.9 Å². The number of carbonyl (C=O) groups is 1. The van der Waals surface area contributed by atoms with Gasteiger partial charge in [-0.3, -0.25) is 0 Å². The van der Waals surface area contributed by atoms with E-state index in [-0.39, 0.29) is 12.7 Å². The van der Waals surface area contributed by atoms with Crippen molar-refractivity contribution in [2.45, 2.75) is 19.4 Å². The van der Waals surface area contributed by atoms with Crippen molar-refractivity contribution < 1.29 is 9.53 Å². The fourth-order valence-corrected chi connectivity index (χ4v) is 1.27. The van der Waals surface area contributed by atoms with Crippen LogP contribution in [0.25, 0.3) is 0 Å². The molecule has 0 saturated carbocycles. The first kappa shape index (κ1) is 9.93. The van der Waals surface area contributed by atoms with Crippen molar-refractivity contribution in [1.29, 1.82) is 0 Å². The molecule has 0 bridgehead atoms. The van der Waals surface area contributed by atoms with Gasteiger partial charge >= 0.3 is 0 Å². The van der Waals surface area contributed by atoms with Gasteiger partial charge in [-0.25, -0.2) is 0 Å². The topological polar surface area (TPSA) is 26.3 Å². The Morgan fingerprint density at radius 2 is 2.08 bits per heavy atom. The number of benzene rings is 1. The fourth-order valence-electron chi connectivity index (χ4n) is 1.27. The molecule has 0 aliphatic carbocycles. The van der Waals surface area contributed by atoms with E-state index in [1.54, 1.807) is 0 Å². The van der Waals surface area contributed by atoms with Crippen molar-refractivity contribution in [3.05, 3.63) is 35.9 Å². The highest BCUT2D eigenvalue weighted by atomic mass is 16.5. The van der Waals surface area contributed by atoms with Gasteiger partial charge in [0.05, 0.1) is 6.10 Å². The maximum atomic E-state index is 10.1. The average Bonchev–Trinajstić information content (AvgIpc) is 2.21. The van der Waals surface area contributed by atoms with Crippen LogP contribution in [0.5, 0.6) is 0 Å². The number of rotatable bonds is 5. The lowest BCUT2D eigenvalue weighted by Gasteiger charge is -2.14. The molecular weight excluding hydrogens is 164 g/mol. The third kappa shape index (κ3) is 2.99. The summed E-state index contributed by atoms with van der Waals surface area (Å²) in [7, 11) is 0. The Kier molecular flexibility index (Phi) is 4.19. The molecule has 1 aromatic carbocycles. The summed E-state index contributed by atoms with van der Waals surface area (Å²) in [6.45, 7) is 2.22. The molecule has 1 atom stereocenters. The van der Waals surface area contributed by atoms with E-state index in [9.17, 15) is 4.79 Å². The van der Waals surface area contributed by atoms with E-state index in [1.165, 1.54) is 0 Å². The minimum Gasteiger partial charge on any atom is -0.366 e. The van der Waals surface area contributed by atoms with E-state index in [2.05, 4.69) is 0 Å². The Balaban J connectivity index is 2.61. The summed E-state index contributed by atoms with van der Waals surface area (Å²) >= 11 is 0. The second-order valence-corrected chi connectivity index (χ2v) is 2.81. The quantitative estimate of drug-likeness (QED) is 0.647. The molecule has 1 unspecified atom stereocenters. The number of ether oxygens (including phenoxy) is 1. The predicted octanol–water partition coefficient (Wildman–Crippen LogP) is 2.35.